The predicted molar refractivity (Wildman–Crippen MR) is 64.5 cm³/mol. The maximum Gasteiger partial charge on any atom is 0.138 e. The van der Waals surface area contributed by atoms with Crippen LogP contribution in [0, 0.1) is 5.41 Å². The van der Waals surface area contributed by atoms with E-state index in [1.54, 1.807) is 17.3 Å². The minimum Gasteiger partial charge on any atom is -0.223 e. The van der Waals surface area contributed by atoms with Gasteiger partial charge in [-0.25, -0.2) is 9.67 Å². The molecule has 0 N–H and O–H groups in total. The van der Waals surface area contributed by atoms with Crippen molar-refractivity contribution in [3.05, 3.63) is 42.5 Å². The smallest absolute Gasteiger partial charge is 0.138 e. The van der Waals surface area contributed by atoms with E-state index in [0.717, 1.165) is 12.1 Å². The molecule has 2 aromatic rings. The first-order valence-corrected chi connectivity index (χ1v) is 5.48. The van der Waals surface area contributed by atoms with Gasteiger partial charge in [-0.2, -0.15) is 5.10 Å². The molecular weight excluding hydrogens is 198 g/mol. The van der Waals surface area contributed by atoms with Crippen molar-refractivity contribution in [3.63, 3.8) is 0 Å². The van der Waals surface area contributed by atoms with E-state index in [4.69, 9.17) is 0 Å². The van der Waals surface area contributed by atoms with Gasteiger partial charge in [0.25, 0.3) is 0 Å². The van der Waals surface area contributed by atoms with Gasteiger partial charge in [-0.05, 0) is 29.5 Å². The molecule has 0 fully saturated rings. The van der Waals surface area contributed by atoms with Crippen molar-refractivity contribution >= 4 is 0 Å². The summed E-state index contributed by atoms with van der Waals surface area (Å²) in [5.41, 5.74) is 2.71. The predicted octanol–water partition coefficient (Wildman–Crippen LogP) is 2.86. The summed E-state index contributed by atoms with van der Waals surface area (Å²) in [6, 6.07) is 8.44. The van der Waals surface area contributed by atoms with Crippen molar-refractivity contribution < 1.29 is 0 Å². The third-order valence-electron chi connectivity index (χ3n) is 2.33. The molecule has 2 rings (SSSR count). The molecule has 0 unspecified atom stereocenters. The van der Waals surface area contributed by atoms with Crippen LogP contribution < -0.4 is 0 Å². The highest BCUT2D eigenvalue weighted by Crippen LogP contribution is 2.21. The number of aromatic nitrogens is 3. The van der Waals surface area contributed by atoms with Crippen LogP contribution in [-0.2, 0) is 6.42 Å². The topological polar surface area (TPSA) is 30.7 Å². The summed E-state index contributed by atoms with van der Waals surface area (Å²) in [5.74, 6) is 0. The lowest BCUT2D eigenvalue weighted by atomic mass is 9.88. The highest BCUT2D eigenvalue weighted by Gasteiger charge is 2.11. The summed E-state index contributed by atoms with van der Waals surface area (Å²) < 4.78 is 1.78. The summed E-state index contributed by atoms with van der Waals surface area (Å²) in [6.45, 7) is 6.74. The van der Waals surface area contributed by atoms with Gasteiger partial charge in [-0.15, -0.1) is 0 Å². The van der Waals surface area contributed by atoms with E-state index < -0.39 is 0 Å². The highest BCUT2D eigenvalue weighted by molar-refractivity contribution is 5.34. The third-order valence-corrected chi connectivity index (χ3v) is 2.33. The molecule has 0 saturated heterocycles. The molecule has 0 aliphatic rings. The lowest BCUT2D eigenvalue weighted by molar-refractivity contribution is 0.411. The Balaban J connectivity index is 2.27. The lowest BCUT2D eigenvalue weighted by Gasteiger charge is -2.18. The molecule has 0 radical (unpaired) electrons. The molecule has 0 bridgehead atoms. The van der Waals surface area contributed by atoms with E-state index in [1.807, 2.05) is 6.07 Å². The largest absolute Gasteiger partial charge is 0.223 e. The van der Waals surface area contributed by atoms with E-state index in [-0.39, 0.29) is 0 Å². The van der Waals surface area contributed by atoms with Gasteiger partial charge in [0, 0.05) is 0 Å². The first-order valence-electron chi connectivity index (χ1n) is 5.48. The van der Waals surface area contributed by atoms with Crippen molar-refractivity contribution in [2.45, 2.75) is 27.2 Å². The molecule has 16 heavy (non-hydrogen) atoms. The lowest BCUT2D eigenvalue weighted by Crippen LogP contribution is -2.09. The summed E-state index contributed by atoms with van der Waals surface area (Å²) in [4.78, 5) is 3.95. The van der Waals surface area contributed by atoms with Crippen LogP contribution in [0.4, 0.5) is 0 Å². The van der Waals surface area contributed by atoms with Crippen molar-refractivity contribution in [3.8, 4) is 5.69 Å². The van der Waals surface area contributed by atoms with Gasteiger partial charge in [0.05, 0.1) is 5.69 Å². The highest BCUT2D eigenvalue weighted by atomic mass is 15.3. The van der Waals surface area contributed by atoms with Gasteiger partial charge in [-0.3, -0.25) is 0 Å². The Kier molecular flexibility index (Phi) is 2.77. The van der Waals surface area contributed by atoms with E-state index in [9.17, 15) is 0 Å². The van der Waals surface area contributed by atoms with Crippen LogP contribution in [0.2, 0.25) is 0 Å². The van der Waals surface area contributed by atoms with E-state index in [1.165, 1.54) is 5.56 Å². The SMILES string of the molecule is CC(C)(C)Cc1cccc(-n2cncn2)c1. The van der Waals surface area contributed by atoms with Crippen molar-refractivity contribution in [2.75, 3.05) is 0 Å². The van der Waals surface area contributed by atoms with Crippen LogP contribution >= 0.6 is 0 Å². The Bertz CT molecular complexity index is 452. The van der Waals surface area contributed by atoms with Crippen LogP contribution in [-0.4, -0.2) is 14.8 Å². The van der Waals surface area contributed by atoms with E-state index in [0.29, 0.717) is 5.41 Å². The second kappa shape index (κ2) is 4.08. The molecular formula is C13H17N3. The maximum absolute atomic E-state index is 4.13. The molecule has 1 aromatic heterocycles. The Labute approximate surface area is 96.1 Å². The van der Waals surface area contributed by atoms with Crippen molar-refractivity contribution in [1.82, 2.24) is 14.8 Å². The summed E-state index contributed by atoms with van der Waals surface area (Å²) in [5, 5.41) is 4.13. The van der Waals surface area contributed by atoms with Crippen LogP contribution in [0.25, 0.3) is 5.69 Å². The first-order chi connectivity index (χ1) is 7.54. The fourth-order valence-corrected chi connectivity index (χ4v) is 1.76. The fraction of sp³-hybridized carbons (Fsp3) is 0.385. The van der Waals surface area contributed by atoms with Crippen LogP contribution in [0.1, 0.15) is 26.3 Å². The number of hydrogen-bond donors (Lipinski definition) is 0. The Morgan fingerprint density at radius 2 is 2.06 bits per heavy atom. The molecule has 0 saturated carbocycles. The van der Waals surface area contributed by atoms with Crippen LogP contribution in [0.5, 0.6) is 0 Å². The van der Waals surface area contributed by atoms with Crippen molar-refractivity contribution in [1.29, 1.82) is 0 Å². The molecule has 0 aliphatic heterocycles. The molecule has 3 heteroatoms. The average molecular weight is 215 g/mol. The monoisotopic (exact) mass is 215 g/mol. The van der Waals surface area contributed by atoms with Gasteiger partial charge in [0.2, 0.25) is 0 Å². The van der Waals surface area contributed by atoms with Crippen LogP contribution in [0.3, 0.4) is 0 Å². The molecule has 0 atom stereocenters. The number of nitrogens with zero attached hydrogens (tertiary/aromatic N) is 3. The van der Waals surface area contributed by atoms with Crippen molar-refractivity contribution in [2.24, 2.45) is 5.41 Å². The average Bonchev–Trinajstić information content (AvgIpc) is 2.68. The zero-order valence-corrected chi connectivity index (χ0v) is 10.0. The molecule has 84 valence electrons. The second-order valence-electron chi connectivity index (χ2n) is 5.25. The summed E-state index contributed by atoms with van der Waals surface area (Å²) in [6.07, 6.45) is 4.34. The summed E-state index contributed by atoms with van der Waals surface area (Å²) in [7, 11) is 0. The van der Waals surface area contributed by atoms with Gasteiger partial charge >= 0.3 is 0 Å². The van der Waals surface area contributed by atoms with Gasteiger partial charge < -0.3 is 0 Å². The minimum atomic E-state index is 0.307. The van der Waals surface area contributed by atoms with Gasteiger partial charge in [-0.1, -0.05) is 32.9 Å². The Hall–Kier alpha value is -1.64. The van der Waals surface area contributed by atoms with Gasteiger partial charge in [0.15, 0.2) is 0 Å². The number of rotatable bonds is 2. The van der Waals surface area contributed by atoms with E-state index in [2.05, 4.69) is 49.1 Å². The first kappa shape index (κ1) is 10.9. The number of benzene rings is 1. The molecule has 0 aliphatic carbocycles. The fourth-order valence-electron chi connectivity index (χ4n) is 1.76. The van der Waals surface area contributed by atoms with Crippen LogP contribution in [0.15, 0.2) is 36.9 Å². The molecule has 1 heterocycles. The normalized spacial score (nSPS) is 11.7. The molecule has 1 aromatic carbocycles. The van der Waals surface area contributed by atoms with E-state index >= 15 is 0 Å². The molecule has 0 amide bonds. The summed E-state index contributed by atoms with van der Waals surface area (Å²) >= 11 is 0. The second-order valence-corrected chi connectivity index (χ2v) is 5.25. The third kappa shape index (κ3) is 2.69. The standard InChI is InChI=1S/C13H17N3/c1-13(2,3)8-11-5-4-6-12(7-11)16-10-14-9-15-16/h4-7,9-10H,8H2,1-3H3. The molecule has 0 spiro atoms. The zero-order chi connectivity index (χ0) is 11.6. The Morgan fingerprint density at radius 3 is 2.69 bits per heavy atom. The zero-order valence-electron chi connectivity index (χ0n) is 10.0. The van der Waals surface area contributed by atoms with Gasteiger partial charge in [0.1, 0.15) is 12.7 Å². The molecule has 3 nitrogen and oxygen atoms in total. The maximum atomic E-state index is 4.13. The minimum absolute atomic E-state index is 0.307. The Morgan fingerprint density at radius 1 is 1.25 bits per heavy atom. The number of hydrogen-bond acceptors (Lipinski definition) is 2. The quantitative estimate of drug-likeness (QED) is 0.771.